The van der Waals surface area contributed by atoms with Gasteiger partial charge in [0, 0.05) is 12.5 Å². The van der Waals surface area contributed by atoms with Crippen LogP contribution in [0.5, 0.6) is 0 Å². The molecular weight excluding hydrogens is 214 g/mol. The average molecular weight is 225 g/mol. The topological polar surface area (TPSA) is 46.5 Å². The van der Waals surface area contributed by atoms with E-state index in [1.54, 1.807) is 12.2 Å². The van der Waals surface area contributed by atoms with Gasteiger partial charge in [0.25, 0.3) is 0 Å². The number of amides is 1. The molecule has 0 fully saturated rings. The van der Waals surface area contributed by atoms with Gasteiger partial charge in [0.15, 0.2) is 0 Å². The molecular formula is C14H11NO2. The van der Waals surface area contributed by atoms with Crippen molar-refractivity contribution in [3.63, 3.8) is 0 Å². The zero-order valence-corrected chi connectivity index (χ0v) is 9.38. The third-order valence-corrected chi connectivity index (χ3v) is 2.35. The smallest absolute Gasteiger partial charge is 0.243 e. The van der Waals surface area contributed by atoms with Gasteiger partial charge < -0.3 is 0 Å². The number of hydrogen-bond acceptors (Lipinski definition) is 2. The van der Waals surface area contributed by atoms with E-state index in [2.05, 4.69) is 4.99 Å². The summed E-state index contributed by atoms with van der Waals surface area (Å²) in [7, 11) is 0. The van der Waals surface area contributed by atoms with Crippen LogP contribution in [0.3, 0.4) is 0 Å². The van der Waals surface area contributed by atoms with Crippen molar-refractivity contribution in [2.24, 2.45) is 4.99 Å². The van der Waals surface area contributed by atoms with E-state index in [1.165, 1.54) is 13.0 Å². The van der Waals surface area contributed by atoms with Crippen molar-refractivity contribution in [1.82, 2.24) is 0 Å². The molecule has 0 N–H and O–H groups in total. The minimum Gasteiger partial charge on any atom is -0.288 e. The van der Waals surface area contributed by atoms with Crippen LogP contribution in [-0.2, 0) is 9.59 Å². The van der Waals surface area contributed by atoms with Crippen LogP contribution in [0.2, 0.25) is 0 Å². The second-order valence-electron chi connectivity index (χ2n) is 3.65. The normalized spacial score (nSPS) is 17.1. The van der Waals surface area contributed by atoms with Gasteiger partial charge in [-0.3, -0.25) is 9.59 Å². The number of allylic oxidation sites excluding steroid dienone is 4. The molecule has 0 atom stereocenters. The molecule has 1 aliphatic rings. The van der Waals surface area contributed by atoms with Gasteiger partial charge in [0.1, 0.15) is 5.71 Å². The summed E-state index contributed by atoms with van der Waals surface area (Å²) in [5.74, 6) is -0.605. The van der Waals surface area contributed by atoms with Crippen LogP contribution in [0.25, 0.3) is 5.57 Å². The molecule has 0 aliphatic heterocycles. The van der Waals surface area contributed by atoms with Gasteiger partial charge in [-0.15, -0.1) is 0 Å². The van der Waals surface area contributed by atoms with Gasteiger partial charge in [0.2, 0.25) is 11.7 Å². The Labute approximate surface area is 99.2 Å². The molecule has 0 aromatic heterocycles. The lowest BCUT2D eigenvalue weighted by molar-refractivity contribution is -0.116. The minimum absolute atomic E-state index is 0.214. The third-order valence-electron chi connectivity index (χ3n) is 2.35. The number of benzene rings is 1. The molecule has 0 bridgehead atoms. The highest BCUT2D eigenvalue weighted by Gasteiger charge is 2.18. The molecule has 0 unspecified atom stereocenters. The fourth-order valence-electron chi connectivity index (χ4n) is 1.65. The van der Waals surface area contributed by atoms with Crippen molar-refractivity contribution < 1.29 is 9.59 Å². The van der Waals surface area contributed by atoms with E-state index < -0.39 is 0 Å². The summed E-state index contributed by atoms with van der Waals surface area (Å²) in [6, 6.07) is 9.42. The van der Waals surface area contributed by atoms with Crippen molar-refractivity contribution >= 4 is 23.0 Å². The summed E-state index contributed by atoms with van der Waals surface area (Å²) in [4.78, 5) is 26.5. The Morgan fingerprint density at radius 3 is 2.53 bits per heavy atom. The van der Waals surface area contributed by atoms with Crippen molar-refractivity contribution in [2.45, 2.75) is 6.92 Å². The Bertz CT molecular complexity index is 551. The lowest BCUT2D eigenvalue weighted by Crippen LogP contribution is -2.17. The van der Waals surface area contributed by atoms with Gasteiger partial charge in [-0.25, -0.2) is 4.99 Å². The van der Waals surface area contributed by atoms with Crippen molar-refractivity contribution in [3.8, 4) is 0 Å². The van der Waals surface area contributed by atoms with Crippen LogP contribution >= 0.6 is 0 Å². The summed E-state index contributed by atoms with van der Waals surface area (Å²) < 4.78 is 0. The first-order chi connectivity index (χ1) is 8.18. The number of ketones is 1. The van der Waals surface area contributed by atoms with Crippen molar-refractivity contribution in [1.29, 1.82) is 0 Å². The SMILES string of the molecule is CC(=O)N=C1C(=O)C=CC=C1c1ccccc1. The van der Waals surface area contributed by atoms with Crippen LogP contribution in [0.1, 0.15) is 12.5 Å². The molecule has 1 aliphatic carbocycles. The van der Waals surface area contributed by atoms with Crippen LogP contribution < -0.4 is 0 Å². The molecule has 3 heteroatoms. The third kappa shape index (κ3) is 2.45. The minimum atomic E-state index is -0.370. The van der Waals surface area contributed by atoms with Gasteiger partial charge in [-0.1, -0.05) is 42.5 Å². The molecule has 2 rings (SSSR count). The number of rotatable bonds is 1. The zero-order valence-electron chi connectivity index (χ0n) is 9.38. The first kappa shape index (κ1) is 11.2. The number of carbonyl (C=O) groups excluding carboxylic acids is 2. The zero-order chi connectivity index (χ0) is 12.3. The van der Waals surface area contributed by atoms with E-state index in [0.29, 0.717) is 5.57 Å². The lowest BCUT2D eigenvalue weighted by Gasteiger charge is -2.10. The summed E-state index contributed by atoms with van der Waals surface area (Å²) in [5, 5.41) is 0. The Balaban J connectivity index is 2.51. The fraction of sp³-hybridized carbons (Fsp3) is 0.0714. The second-order valence-corrected chi connectivity index (χ2v) is 3.65. The Morgan fingerprint density at radius 1 is 1.18 bits per heavy atom. The summed E-state index contributed by atoms with van der Waals surface area (Å²) in [6.07, 6.45) is 4.87. The number of hydrogen-bond donors (Lipinski definition) is 0. The molecule has 0 heterocycles. The number of nitrogens with zero attached hydrogens (tertiary/aromatic N) is 1. The molecule has 1 aromatic rings. The lowest BCUT2D eigenvalue weighted by atomic mass is 9.94. The molecule has 84 valence electrons. The van der Waals surface area contributed by atoms with Crippen LogP contribution in [-0.4, -0.2) is 17.4 Å². The van der Waals surface area contributed by atoms with Crippen molar-refractivity contribution in [3.05, 3.63) is 54.1 Å². The molecule has 0 spiro atoms. The summed E-state index contributed by atoms with van der Waals surface area (Å²) in [5.41, 5.74) is 1.78. The highest BCUT2D eigenvalue weighted by Crippen LogP contribution is 2.20. The average Bonchev–Trinajstić information content (AvgIpc) is 2.32. The van der Waals surface area contributed by atoms with E-state index in [9.17, 15) is 9.59 Å². The highest BCUT2D eigenvalue weighted by atomic mass is 16.1. The molecule has 1 aromatic carbocycles. The molecule has 0 saturated carbocycles. The fourth-order valence-corrected chi connectivity index (χ4v) is 1.65. The van der Waals surface area contributed by atoms with Crippen LogP contribution in [0, 0.1) is 0 Å². The largest absolute Gasteiger partial charge is 0.288 e. The highest BCUT2D eigenvalue weighted by molar-refractivity contribution is 6.61. The molecule has 0 saturated heterocycles. The first-order valence-electron chi connectivity index (χ1n) is 5.26. The monoisotopic (exact) mass is 225 g/mol. The Hall–Kier alpha value is -2.29. The number of aliphatic imine (C=N–C) groups is 1. The maximum atomic E-state index is 11.7. The van der Waals surface area contributed by atoms with E-state index >= 15 is 0 Å². The standard InChI is InChI=1S/C14H11NO2/c1-10(16)15-14-12(8-5-9-13(14)17)11-6-3-2-4-7-11/h2-9H,1H3. The van der Waals surface area contributed by atoms with Gasteiger partial charge in [-0.05, 0) is 11.6 Å². The van der Waals surface area contributed by atoms with Gasteiger partial charge in [0.05, 0.1) is 0 Å². The maximum absolute atomic E-state index is 11.7. The predicted molar refractivity (Wildman–Crippen MR) is 66.7 cm³/mol. The quantitative estimate of drug-likeness (QED) is 0.688. The molecule has 17 heavy (non-hydrogen) atoms. The molecule has 3 nitrogen and oxygen atoms in total. The summed E-state index contributed by atoms with van der Waals surface area (Å²) in [6.45, 7) is 1.33. The Morgan fingerprint density at radius 2 is 1.88 bits per heavy atom. The second kappa shape index (κ2) is 4.70. The van der Waals surface area contributed by atoms with Crippen LogP contribution in [0.15, 0.2) is 53.6 Å². The molecule has 1 amide bonds. The van der Waals surface area contributed by atoms with E-state index in [-0.39, 0.29) is 17.4 Å². The van der Waals surface area contributed by atoms with E-state index in [0.717, 1.165) is 5.56 Å². The van der Waals surface area contributed by atoms with Crippen molar-refractivity contribution in [2.75, 3.05) is 0 Å². The Kier molecular flexibility index (Phi) is 3.10. The predicted octanol–water partition coefficient (Wildman–Crippen LogP) is 2.20. The summed E-state index contributed by atoms with van der Waals surface area (Å²) >= 11 is 0. The maximum Gasteiger partial charge on any atom is 0.243 e. The van der Waals surface area contributed by atoms with Gasteiger partial charge >= 0.3 is 0 Å². The molecule has 0 radical (unpaired) electrons. The first-order valence-corrected chi connectivity index (χ1v) is 5.26. The van der Waals surface area contributed by atoms with Gasteiger partial charge in [-0.2, -0.15) is 0 Å². The van der Waals surface area contributed by atoms with E-state index in [1.807, 2.05) is 30.3 Å². The van der Waals surface area contributed by atoms with E-state index in [4.69, 9.17) is 0 Å². The number of carbonyl (C=O) groups is 2. The van der Waals surface area contributed by atoms with Crippen LogP contribution in [0.4, 0.5) is 0 Å².